The molecular formula is C15H19N3O2. The molecule has 0 aliphatic carbocycles. The van der Waals surface area contributed by atoms with Crippen molar-refractivity contribution in [2.24, 2.45) is 0 Å². The Morgan fingerprint density at radius 1 is 1.50 bits per heavy atom. The lowest BCUT2D eigenvalue weighted by Crippen LogP contribution is -2.22. The number of rotatable bonds is 6. The molecule has 0 aromatic heterocycles. The van der Waals surface area contributed by atoms with E-state index in [2.05, 4.69) is 10.6 Å². The normalized spacial score (nSPS) is 12.2. The summed E-state index contributed by atoms with van der Waals surface area (Å²) in [7, 11) is 1.52. The van der Waals surface area contributed by atoms with Gasteiger partial charge in [-0.1, -0.05) is 19.1 Å². The number of benzene rings is 1. The summed E-state index contributed by atoms with van der Waals surface area (Å²) in [4.78, 5) is 12.0. The first-order chi connectivity index (χ1) is 9.62. The average Bonchev–Trinajstić information content (AvgIpc) is 2.48. The van der Waals surface area contributed by atoms with Gasteiger partial charge < -0.3 is 15.4 Å². The molecule has 0 bridgehead atoms. The highest BCUT2D eigenvalue weighted by Crippen LogP contribution is 2.23. The summed E-state index contributed by atoms with van der Waals surface area (Å²) < 4.78 is 5.14. The fraction of sp³-hybridized carbons (Fsp3) is 0.333. The summed E-state index contributed by atoms with van der Waals surface area (Å²) in [5.74, 6) is 0.0841. The first kappa shape index (κ1) is 15.6. The fourth-order valence-corrected chi connectivity index (χ4v) is 1.43. The molecule has 5 heteroatoms. The van der Waals surface area contributed by atoms with E-state index in [1.807, 2.05) is 19.9 Å². The molecule has 20 heavy (non-hydrogen) atoms. The van der Waals surface area contributed by atoms with Gasteiger partial charge in [-0.05, 0) is 25.5 Å². The van der Waals surface area contributed by atoms with E-state index < -0.39 is 5.91 Å². The van der Waals surface area contributed by atoms with Crippen molar-refractivity contribution >= 4 is 11.6 Å². The van der Waals surface area contributed by atoms with Crippen LogP contribution in [-0.2, 0) is 4.79 Å². The molecule has 1 unspecified atom stereocenters. The molecule has 0 saturated carbocycles. The summed E-state index contributed by atoms with van der Waals surface area (Å²) in [5.41, 5.74) is 0.556. The van der Waals surface area contributed by atoms with Crippen molar-refractivity contribution in [3.05, 3.63) is 36.0 Å². The number of hydrogen-bond donors (Lipinski definition) is 2. The number of ether oxygens (including phenoxy) is 1. The van der Waals surface area contributed by atoms with Gasteiger partial charge in [-0.15, -0.1) is 0 Å². The summed E-state index contributed by atoms with van der Waals surface area (Å²) in [5, 5.41) is 14.7. The molecule has 2 N–H and O–H groups in total. The summed E-state index contributed by atoms with van der Waals surface area (Å²) in [6.07, 6.45) is 2.35. The second-order valence-corrected chi connectivity index (χ2v) is 4.30. The molecule has 0 aliphatic heterocycles. The Balaban J connectivity index is 2.80. The molecule has 0 fully saturated rings. The van der Waals surface area contributed by atoms with E-state index in [4.69, 9.17) is 10.00 Å². The predicted molar refractivity (Wildman–Crippen MR) is 78.2 cm³/mol. The minimum absolute atomic E-state index is 0.0243. The number of hydrogen-bond acceptors (Lipinski definition) is 4. The maximum atomic E-state index is 12.0. The SMILES string of the molecule is CCC(C)N/C=C(/C#N)C(=O)Nc1ccccc1OC. The highest BCUT2D eigenvalue weighted by atomic mass is 16.5. The maximum Gasteiger partial charge on any atom is 0.267 e. The number of amides is 1. The molecule has 1 aromatic rings. The standard InChI is InChI=1S/C15H19N3O2/c1-4-11(2)17-10-12(9-16)15(19)18-13-7-5-6-8-14(13)20-3/h5-8,10-11,17H,4H2,1-3H3,(H,18,19)/b12-10-. The Hall–Kier alpha value is -2.48. The van der Waals surface area contributed by atoms with E-state index in [1.54, 1.807) is 24.3 Å². The van der Waals surface area contributed by atoms with Crippen LogP contribution in [-0.4, -0.2) is 19.1 Å². The van der Waals surface area contributed by atoms with Crippen LogP contribution in [0.5, 0.6) is 5.75 Å². The summed E-state index contributed by atoms with van der Waals surface area (Å²) in [6.45, 7) is 4.00. The Bertz CT molecular complexity index is 532. The van der Waals surface area contributed by atoms with E-state index >= 15 is 0 Å². The smallest absolute Gasteiger partial charge is 0.267 e. The molecular weight excluding hydrogens is 254 g/mol. The van der Waals surface area contributed by atoms with E-state index in [0.717, 1.165) is 6.42 Å². The third-order valence-corrected chi connectivity index (χ3v) is 2.84. The lowest BCUT2D eigenvalue weighted by molar-refractivity contribution is -0.112. The fourth-order valence-electron chi connectivity index (χ4n) is 1.43. The van der Waals surface area contributed by atoms with Gasteiger partial charge in [-0.25, -0.2) is 0 Å². The van der Waals surface area contributed by atoms with E-state index in [-0.39, 0.29) is 11.6 Å². The van der Waals surface area contributed by atoms with Gasteiger partial charge in [0.1, 0.15) is 17.4 Å². The maximum absolute atomic E-state index is 12.0. The lowest BCUT2D eigenvalue weighted by Gasteiger charge is -2.11. The number of methoxy groups -OCH3 is 1. The second kappa shape index (κ2) is 7.85. The van der Waals surface area contributed by atoms with Gasteiger partial charge in [0, 0.05) is 12.2 Å². The van der Waals surface area contributed by atoms with Crippen LogP contribution in [0.15, 0.2) is 36.0 Å². The minimum Gasteiger partial charge on any atom is -0.495 e. The average molecular weight is 273 g/mol. The third-order valence-electron chi connectivity index (χ3n) is 2.84. The second-order valence-electron chi connectivity index (χ2n) is 4.30. The van der Waals surface area contributed by atoms with Crippen molar-refractivity contribution in [2.45, 2.75) is 26.3 Å². The molecule has 1 aromatic carbocycles. The van der Waals surface area contributed by atoms with Crippen LogP contribution in [0.3, 0.4) is 0 Å². The molecule has 106 valence electrons. The first-order valence-corrected chi connectivity index (χ1v) is 6.43. The molecule has 0 saturated heterocycles. The number of nitrogens with zero attached hydrogens (tertiary/aromatic N) is 1. The topological polar surface area (TPSA) is 74.2 Å². The van der Waals surface area contributed by atoms with Gasteiger partial charge in [-0.3, -0.25) is 4.79 Å². The van der Waals surface area contributed by atoms with Crippen LogP contribution in [0.1, 0.15) is 20.3 Å². The van der Waals surface area contributed by atoms with Crippen LogP contribution in [0.25, 0.3) is 0 Å². The van der Waals surface area contributed by atoms with E-state index in [0.29, 0.717) is 11.4 Å². The molecule has 0 radical (unpaired) electrons. The monoisotopic (exact) mass is 273 g/mol. The zero-order valence-corrected chi connectivity index (χ0v) is 11.9. The predicted octanol–water partition coefficient (Wildman–Crippen LogP) is 2.43. The molecule has 1 atom stereocenters. The van der Waals surface area contributed by atoms with Gasteiger partial charge in [0.25, 0.3) is 5.91 Å². The Kier molecular flexibility index (Phi) is 6.11. The number of carbonyl (C=O) groups excluding carboxylic acids is 1. The molecule has 5 nitrogen and oxygen atoms in total. The highest BCUT2D eigenvalue weighted by molar-refractivity contribution is 6.07. The van der Waals surface area contributed by atoms with Crippen molar-refractivity contribution in [3.8, 4) is 11.8 Å². The van der Waals surface area contributed by atoms with Gasteiger partial charge in [0.15, 0.2) is 0 Å². The number of anilines is 1. The Morgan fingerprint density at radius 2 is 2.20 bits per heavy atom. The van der Waals surface area contributed by atoms with Gasteiger partial charge >= 0.3 is 0 Å². The Labute approximate surface area is 119 Å². The molecule has 1 rings (SSSR count). The molecule has 0 aliphatic rings. The van der Waals surface area contributed by atoms with Crippen LogP contribution in [0.4, 0.5) is 5.69 Å². The largest absolute Gasteiger partial charge is 0.495 e. The minimum atomic E-state index is -0.465. The van der Waals surface area contributed by atoms with Crippen LogP contribution >= 0.6 is 0 Å². The third kappa shape index (κ3) is 4.32. The number of nitrogens with one attached hydrogen (secondary N) is 2. The Morgan fingerprint density at radius 3 is 2.80 bits per heavy atom. The van der Waals surface area contributed by atoms with Crippen molar-refractivity contribution in [3.63, 3.8) is 0 Å². The molecule has 0 spiro atoms. The first-order valence-electron chi connectivity index (χ1n) is 6.43. The van der Waals surface area contributed by atoms with Gasteiger partial charge in [-0.2, -0.15) is 5.26 Å². The molecule has 1 amide bonds. The van der Waals surface area contributed by atoms with Crippen molar-refractivity contribution < 1.29 is 9.53 Å². The van der Waals surface area contributed by atoms with Gasteiger partial charge in [0.05, 0.1) is 12.8 Å². The molecule has 0 heterocycles. The highest BCUT2D eigenvalue weighted by Gasteiger charge is 2.12. The van der Waals surface area contributed by atoms with Crippen LogP contribution in [0, 0.1) is 11.3 Å². The van der Waals surface area contributed by atoms with Crippen molar-refractivity contribution in [1.29, 1.82) is 5.26 Å². The number of nitriles is 1. The zero-order valence-electron chi connectivity index (χ0n) is 11.9. The summed E-state index contributed by atoms with van der Waals surface area (Å²) in [6, 6.07) is 9.13. The lowest BCUT2D eigenvalue weighted by atomic mass is 10.2. The summed E-state index contributed by atoms with van der Waals surface area (Å²) >= 11 is 0. The van der Waals surface area contributed by atoms with Crippen LogP contribution < -0.4 is 15.4 Å². The van der Waals surface area contributed by atoms with Crippen molar-refractivity contribution in [2.75, 3.05) is 12.4 Å². The van der Waals surface area contributed by atoms with E-state index in [1.165, 1.54) is 13.3 Å². The van der Waals surface area contributed by atoms with E-state index in [9.17, 15) is 4.79 Å². The van der Waals surface area contributed by atoms with Gasteiger partial charge in [0.2, 0.25) is 0 Å². The quantitative estimate of drug-likeness (QED) is 0.616. The van der Waals surface area contributed by atoms with Crippen LogP contribution in [0.2, 0.25) is 0 Å². The van der Waals surface area contributed by atoms with Crippen molar-refractivity contribution in [1.82, 2.24) is 5.32 Å². The number of para-hydroxylation sites is 2. The zero-order chi connectivity index (χ0) is 15.0. The number of carbonyl (C=O) groups is 1.